The van der Waals surface area contributed by atoms with Crippen molar-refractivity contribution in [2.75, 3.05) is 32.1 Å². The first-order chi connectivity index (χ1) is 12.0. The highest BCUT2D eigenvalue weighted by molar-refractivity contribution is 5.79. The molecule has 1 aliphatic rings. The molecule has 1 fully saturated rings. The molecule has 0 saturated carbocycles. The van der Waals surface area contributed by atoms with Crippen LogP contribution >= 0.6 is 0 Å². The van der Waals surface area contributed by atoms with Crippen LogP contribution in [0.4, 0.5) is 10.1 Å². The fourth-order valence-corrected chi connectivity index (χ4v) is 2.99. The van der Waals surface area contributed by atoms with Gasteiger partial charge < -0.3 is 15.0 Å². The van der Waals surface area contributed by atoms with Crippen molar-refractivity contribution in [1.29, 1.82) is 0 Å². The smallest absolute Gasteiger partial charge is 0.227 e. The van der Waals surface area contributed by atoms with E-state index in [4.69, 9.17) is 4.74 Å². The zero-order chi connectivity index (χ0) is 17.8. The van der Waals surface area contributed by atoms with E-state index in [2.05, 4.69) is 10.3 Å². The molecule has 2 aromatic rings. The Morgan fingerprint density at radius 1 is 1.40 bits per heavy atom. The average molecular weight is 343 g/mol. The van der Waals surface area contributed by atoms with Crippen LogP contribution in [0.2, 0.25) is 0 Å². The third-order valence-corrected chi connectivity index (χ3v) is 4.26. The van der Waals surface area contributed by atoms with Crippen LogP contribution in [-0.2, 0) is 16.0 Å². The molecule has 5 nitrogen and oxygen atoms in total. The van der Waals surface area contributed by atoms with Gasteiger partial charge in [0, 0.05) is 25.0 Å². The quantitative estimate of drug-likeness (QED) is 0.927. The summed E-state index contributed by atoms with van der Waals surface area (Å²) >= 11 is 0. The second-order valence-corrected chi connectivity index (χ2v) is 6.18. The van der Waals surface area contributed by atoms with Gasteiger partial charge in [-0.1, -0.05) is 12.1 Å². The van der Waals surface area contributed by atoms with Crippen molar-refractivity contribution >= 4 is 11.6 Å². The minimum atomic E-state index is -0.325. The van der Waals surface area contributed by atoms with Gasteiger partial charge in [-0.3, -0.25) is 9.78 Å². The summed E-state index contributed by atoms with van der Waals surface area (Å²) in [6, 6.07) is 10.1. The van der Waals surface area contributed by atoms with E-state index in [9.17, 15) is 9.18 Å². The molecular weight excluding hydrogens is 321 g/mol. The van der Waals surface area contributed by atoms with Crippen LogP contribution in [0.15, 0.2) is 36.4 Å². The number of benzene rings is 1. The van der Waals surface area contributed by atoms with Crippen molar-refractivity contribution in [2.24, 2.45) is 0 Å². The highest BCUT2D eigenvalue weighted by atomic mass is 19.1. The van der Waals surface area contributed by atoms with E-state index >= 15 is 0 Å². The standard InChI is InChI=1S/C19H22FN3O2/c1-13-8-16(21-2)11-17(22-13)18-12-23(6-7-25-18)19(24)10-14-4-3-5-15(20)9-14/h3-5,8-9,11,18H,6-7,10,12H2,1-2H3,(H,21,22)/t18-/m0/s1. The van der Waals surface area contributed by atoms with Crippen molar-refractivity contribution in [3.8, 4) is 0 Å². The molecule has 1 atom stereocenters. The van der Waals surface area contributed by atoms with E-state index in [0.29, 0.717) is 25.3 Å². The molecule has 6 heteroatoms. The highest BCUT2D eigenvalue weighted by Crippen LogP contribution is 2.24. The van der Waals surface area contributed by atoms with Crippen molar-refractivity contribution < 1.29 is 13.9 Å². The molecule has 0 bridgehead atoms. The Morgan fingerprint density at radius 2 is 2.24 bits per heavy atom. The summed E-state index contributed by atoms with van der Waals surface area (Å²) in [5.41, 5.74) is 3.36. The maximum absolute atomic E-state index is 13.3. The van der Waals surface area contributed by atoms with Crippen molar-refractivity contribution in [3.63, 3.8) is 0 Å². The molecule has 1 aromatic carbocycles. The van der Waals surface area contributed by atoms with E-state index in [0.717, 1.165) is 17.1 Å². The Hall–Kier alpha value is -2.47. The minimum absolute atomic E-state index is 0.0274. The zero-order valence-corrected chi connectivity index (χ0v) is 14.5. The van der Waals surface area contributed by atoms with Gasteiger partial charge in [-0.2, -0.15) is 0 Å². The van der Waals surface area contributed by atoms with Gasteiger partial charge in [-0.15, -0.1) is 0 Å². The van der Waals surface area contributed by atoms with Crippen LogP contribution in [0, 0.1) is 12.7 Å². The number of pyridine rings is 1. The molecule has 1 N–H and O–H groups in total. The number of morpholine rings is 1. The van der Waals surface area contributed by atoms with Gasteiger partial charge in [0.1, 0.15) is 11.9 Å². The second-order valence-electron chi connectivity index (χ2n) is 6.18. The number of nitrogens with zero attached hydrogens (tertiary/aromatic N) is 2. The number of carbonyl (C=O) groups is 1. The largest absolute Gasteiger partial charge is 0.388 e. The molecule has 1 aromatic heterocycles. The fraction of sp³-hybridized carbons (Fsp3) is 0.368. The number of halogens is 1. The lowest BCUT2D eigenvalue weighted by Crippen LogP contribution is -2.43. The first-order valence-electron chi connectivity index (χ1n) is 8.35. The molecule has 0 aliphatic carbocycles. The molecule has 132 valence electrons. The van der Waals surface area contributed by atoms with Crippen LogP contribution in [0.3, 0.4) is 0 Å². The summed E-state index contributed by atoms with van der Waals surface area (Å²) in [5.74, 6) is -0.353. The van der Waals surface area contributed by atoms with Gasteiger partial charge in [0.05, 0.1) is 25.3 Å². The Kier molecular flexibility index (Phi) is 5.28. The van der Waals surface area contributed by atoms with Gasteiger partial charge in [-0.05, 0) is 36.8 Å². The lowest BCUT2D eigenvalue weighted by atomic mass is 10.1. The first-order valence-corrected chi connectivity index (χ1v) is 8.35. The molecule has 2 heterocycles. The number of aryl methyl sites for hydroxylation is 1. The minimum Gasteiger partial charge on any atom is -0.388 e. The normalized spacial score (nSPS) is 17.4. The van der Waals surface area contributed by atoms with E-state index in [1.807, 2.05) is 26.1 Å². The van der Waals surface area contributed by atoms with E-state index < -0.39 is 0 Å². The van der Waals surface area contributed by atoms with E-state index in [-0.39, 0.29) is 24.2 Å². The van der Waals surface area contributed by atoms with Crippen molar-refractivity contribution in [1.82, 2.24) is 9.88 Å². The summed E-state index contributed by atoms with van der Waals surface area (Å²) in [5, 5.41) is 3.11. The molecule has 0 radical (unpaired) electrons. The molecule has 1 amide bonds. The SMILES string of the molecule is CNc1cc(C)nc([C@@H]2CN(C(=O)Cc3cccc(F)c3)CCO2)c1. The Labute approximate surface area is 146 Å². The summed E-state index contributed by atoms with van der Waals surface area (Å²) in [4.78, 5) is 18.9. The van der Waals surface area contributed by atoms with E-state index in [1.165, 1.54) is 12.1 Å². The summed E-state index contributed by atoms with van der Waals surface area (Å²) in [7, 11) is 1.86. The third kappa shape index (κ3) is 4.33. The lowest BCUT2D eigenvalue weighted by Gasteiger charge is -2.33. The first kappa shape index (κ1) is 17.4. The van der Waals surface area contributed by atoms with Crippen LogP contribution in [0.5, 0.6) is 0 Å². The Bertz CT molecular complexity index is 766. The maximum atomic E-state index is 13.3. The number of hydrogen-bond acceptors (Lipinski definition) is 4. The molecule has 3 rings (SSSR count). The van der Waals surface area contributed by atoms with Crippen LogP contribution in [-0.4, -0.2) is 42.5 Å². The predicted octanol–water partition coefficient (Wildman–Crippen LogP) is 2.71. The number of ether oxygens (including phenoxy) is 1. The van der Waals surface area contributed by atoms with Gasteiger partial charge in [-0.25, -0.2) is 4.39 Å². The van der Waals surface area contributed by atoms with Crippen molar-refractivity contribution in [2.45, 2.75) is 19.4 Å². The average Bonchev–Trinajstić information content (AvgIpc) is 2.61. The molecule has 1 saturated heterocycles. The highest BCUT2D eigenvalue weighted by Gasteiger charge is 2.26. The fourth-order valence-electron chi connectivity index (χ4n) is 2.99. The summed E-state index contributed by atoms with van der Waals surface area (Å²) in [6.07, 6.45) is -0.0646. The molecule has 1 aliphatic heterocycles. The number of rotatable bonds is 4. The topological polar surface area (TPSA) is 54.5 Å². The maximum Gasteiger partial charge on any atom is 0.227 e. The predicted molar refractivity (Wildman–Crippen MR) is 93.9 cm³/mol. The Morgan fingerprint density at radius 3 is 3.00 bits per heavy atom. The van der Waals surface area contributed by atoms with E-state index in [1.54, 1.807) is 17.0 Å². The van der Waals surface area contributed by atoms with Crippen molar-refractivity contribution in [3.05, 3.63) is 59.2 Å². The molecule has 25 heavy (non-hydrogen) atoms. The molecule has 0 spiro atoms. The molecule has 0 unspecified atom stereocenters. The lowest BCUT2D eigenvalue weighted by molar-refractivity contribution is -0.138. The van der Waals surface area contributed by atoms with Gasteiger partial charge in [0.25, 0.3) is 0 Å². The van der Waals surface area contributed by atoms with Gasteiger partial charge >= 0.3 is 0 Å². The van der Waals surface area contributed by atoms with Crippen LogP contribution in [0.1, 0.15) is 23.1 Å². The summed E-state index contributed by atoms with van der Waals surface area (Å²) in [6.45, 7) is 3.38. The number of nitrogens with one attached hydrogen (secondary N) is 1. The number of aromatic nitrogens is 1. The Balaban J connectivity index is 1.70. The molecular formula is C19H22FN3O2. The number of anilines is 1. The third-order valence-electron chi connectivity index (χ3n) is 4.26. The second kappa shape index (κ2) is 7.61. The number of amides is 1. The van der Waals surface area contributed by atoms with Crippen LogP contribution in [0.25, 0.3) is 0 Å². The van der Waals surface area contributed by atoms with Gasteiger partial charge in [0.15, 0.2) is 0 Å². The van der Waals surface area contributed by atoms with Gasteiger partial charge in [0.2, 0.25) is 5.91 Å². The zero-order valence-electron chi connectivity index (χ0n) is 14.5. The number of hydrogen-bond donors (Lipinski definition) is 1. The summed E-state index contributed by atoms with van der Waals surface area (Å²) < 4.78 is 19.1. The number of carbonyl (C=O) groups excluding carboxylic acids is 1. The monoisotopic (exact) mass is 343 g/mol. The van der Waals surface area contributed by atoms with Crippen LogP contribution < -0.4 is 5.32 Å².